The van der Waals surface area contributed by atoms with Crippen LogP contribution in [-0.4, -0.2) is 6.71 Å². The number of hydrogen-bond acceptors (Lipinski definition) is 2. The lowest BCUT2D eigenvalue weighted by molar-refractivity contribution is 0.590. The van der Waals surface area contributed by atoms with Gasteiger partial charge in [-0.1, -0.05) is 88.6 Å². The molecule has 2 aliphatic heterocycles. The Morgan fingerprint density at radius 2 is 1.58 bits per heavy atom. The zero-order valence-corrected chi connectivity index (χ0v) is 22.9. The second kappa shape index (κ2) is 7.23. The van der Waals surface area contributed by atoms with Crippen LogP contribution in [0.25, 0.3) is 11.0 Å². The van der Waals surface area contributed by atoms with Gasteiger partial charge in [0, 0.05) is 22.2 Å². The molecule has 0 unspecified atom stereocenters. The molecule has 0 radical (unpaired) electrons. The maximum Gasteiger partial charge on any atom is 0.293 e. The summed E-state index contributed by atoms with van der Waals surface area (Å²) in [4.78, 5) is 2.46. The predicted molar refractivity (Wildman–Crippen MR) is 160 cm³/mol. The lowest BCUT2D eigenvalue weighted by Crippen LogP contribution is -2.64. The predicted octanol–water partition coefficient (Wildman–Crippen LogP) is 6.77. The fraction of sp³-hybridized carbons (Fsp3) is 0.257. The van der Waals surface area contributed by atoms with E-state index >= 15 is 0 Å². The van der Waals surface area contributed by atoms with E-state index in [1.807, 2.05) is 0 Å². The minimum atomic E-state index is -0.0763. The normalized spacial score (nSPS) is 16.4. The molecule has 0 N–H and O–H groups in total. The van der Waals surface area contributed by atoms with E-state index in [1.54, 1.807) is 0 Å². The van der Waals surface area contributed by atoms with E-state index in [9.17, 15) is 0 Å². The first kappa shape index (κ1) is 22.3. The highest BCUT2D eigenvalue weighted by atomic mass is 16.3. The van der Waals surface area contributed by atoms with Gasteiger partial charge >= 0.3 is 0 Å². The molecule has 0 fully saturated rings. The second-order valence-electron chi connectivity index (χ2n) is 13.0. The van der Waals surface area contributed by atoms with Crippen LogP contribution in [0.15, 0.2) is 83.3 Å². The average molecular weight is 493 g/mol. The summed E-state index contributed by atoms with van der Waals surface area (Å²) in [5.41, 5.74) is 15.7. The number of fused-ring (bicyclic) bond motifs is 7. The molecule has 0 bridgehead atoms. The quantitative estimate of drug-likeness (QED) is 0.235. The average Bonchev–Trinajstić information content (AvgIpc) is 3.25. The van der Waals surface area contributed by atoms with Crippen LogP contribution >= 0.6 is 0 Å². The number of anilines is 3. The summed E-state index contributed by atoms with van der Waals surface area (Å²) in [6.45, 7) is 11.8. The molecule has 1 aromatic heterocycles. The van der Waals surface area contributed by atoms with Gasteiger partial charge in [0.2, 0.25) is 0 Å². The summed E-state index contributed by atoms with van der Waals surface area (Å²) in [5.74, 6) is 0. The van der Waals surface area contributed by atoms with Gasteiger partial charge in [0.05, 0.1) is 11.3 Å². The highest BCUT2D eigenvalue weighted by Gasteiger charge is 2.49. The Labute approximate surface area is 225 Å². The van der Waals surface area contributed by atoms with Crippen molar-refractivity contribution in [2.75, 3.05) is 4.90 Å². The van der Waals surface area contributed by atoms with Gasteiger partial charge in [-0.25, -0.2) is 0 Å². The van der Waals surface area contributed by atoms with Crippen molar-refractivity contribution in [3.05, 3.63) is 107 Å². The Hall–Kier alpha value is -3.72. The molecule has 0 spiro atoms. The smallest absolute Gasteiger partial charge is 0.293 e. The van der Waals surface area contributed by atoms with Gasteiger partial charge < -0.3 is 9.32 Å². The van der Waals surface area contributed by atoms with Crippen molar-refractivity contribution >= 4 is 51.3 Å². The molecule has 2 nitrogen and oxygen atoms in total. The molecule has 0 saturated heterocycles. The first-order valence-electron chi connectivity index (χ1n) is 13.9. The molecule has 186 valence electrons. The van der Waals surface area contributed by atoms with Crippen LogP contribution in [0.3, 0.4) is 0 Å². The van der Waals surface area contributed by atoms with E-state index < -0.39 is 0 Å². The third-order valence-electron chi connectivity index (χ3n) is 9.36. The molecular weight excluding hydrogens is 461 g/mol. The van der Waals surface area contributed by atoms with Gasteiger partial charge in [0.25, 0.3) is 6.71 Å². The van der Waals surface area contributed by atoms with Crippen molar-refractivity contribution in [2.24, 2.45) is 0 Å². The Balaban J connectivity index is 1.51. The van der Waals surface area contributed by atoms with Crippen LogP contribution in [0.2, 0.25) is 0 Å². The molecule has 38 heavy (non-hydrogen) atoms. The number of nitrogens with zero attached hydrogens (tertiary/aromatic N) is 1. The van der Waals surface area contributed by atoms with Crippen molar-refractivity contribution in [3.63, 3.8) is 0 Å². The molecule has 3 heteroatoms. The zero-order chi connectivity index (χ0) is 26.0. The monoisotopic (exact) mass is 493 g/mol. The minimum absolute atomic E-state index is 0.0550. The maximum atomic E-state index is 6.93. The topological polar surface area (TPSA) is 16.4 Å². The maximum absolute atomic E-state index is 6.93. The van der Waals surface area contributed by atoms with E-state index in [1.165, 1.54) is 74.0 Å². The fourth-order valence-electron chi connectivity index (χ4n) is 7.18. The molecule has 3 aliphatic rings. The van der Waals surface area contributed by atoms with Crippen LogP contribution in [0.1, 0.15) is 62.4 Å². The molecule has 5 aromatic rings. The third-order valence-corrected chi connectivity index (χ3v) is 9.36. The summed E-state index contributed by atoms with van der Waals surface area (Å²) in [6.07, 6.45) is 2.38. The summed E-state index contributed by atoms with van der Waals surface area (Å²) in [6, 6.07) is 29.6. The molecule has 3 heterocycles. The summed E-state index contributed by atoms with van der Waals surface area (Å²) < 4.78 is 6.93. The second-order valence-corrected chi connectivity index (χ2v) is 13.0. The third kappa shape index (κ3) is 2.80. The van der Waals surface area contributed by atoms with Gasteiger partial charge in [0.15, 0.2) is 0 Å². The van der Waals surface area contributed by atoms with Crippen molar-refractivity contribution in [1.82, 2.24) is 0 Å². The summed E-state index contributed by atoms with van der Waals surface area (Å²) >= 11 is 0. The van der Waals surface area contributed by atoms with Crippen LogP contribution in [0.4, 0.5) is 17.1 Å². The van der Waals surface area contributed by atoms with Crippen molar-refractivity contribution in [1.29, 1.82) is 0 Å². The molecule has 0 atom stereocenters. The lowest BCUT2D eigenvalue weighted by atomic mass is 9.31. The van der Waals surface area contributed by atoms with E-state index in [4.69, 9.17) is 4.42 Å². The zero-order valence-electron chi connectivity index (χ0n) is 22.9. The first-order chi connectivity index (χ1) is 18.2. The summed E-state index contributed by atoms with van der Waals surface area (Å²) in [5, 5.41) is 1.20. The fourth-order valence-corrected chi connectivity index (χ4v) is 7.18. The Kier molecular flexibility index (Phi) is 4.24. The molecular formula is C35H32BNO. The van der Waals surface area contributed by atoms with Gasteiger partial charge in [-0.05, 0) is 81.9 Å². The number of para-hydroxylation sites is 1. The van der Waals surface area contributed by atoms with Crippen molar-refractivity contribution < 1.29 is 4.42 Å². The van der Waals surface area contributed by atoms with E-state index in [2.05, 4.69) is 118 Å². The number of hydrogen-bond donors (Lipinski definition) is 0. The first-order valence-corrected chi connectivity index (χ1v) is 13.9. The van der Waals surface area contributed by atoms with Crippen molar-refractivity contribution in [3.8, 4) is 0 Å². The summed E-state index contributed by atoms with van der Waals surface area (Å²) in [7, 11) is 0. The van der Waals surface area contributed by atoms with Gasteiger partial charge in [-0.15, -0.1) is 0 Å². The number of rotatable bonds is 1. The van der Waals surface area contributed by atoms with Crippen LogP contribution in [-0.2, 0) is 23.7 Å². The molecule has 1 aliphatic carbocycles. The van der Waals surface area contributed by atoms with E-state index in [0.29, 0.717) is 0 Å². The minimum Gasteiger partial charge on any atom is -0.468 e. The molecule has 4 aromatic carbocycles. The standard InChI is InChI=1S/C35H32BNO/c1-34(2,3)23-16-17-30-25(20-23)32-33(38-30)36-28-19-22-15-14-21(22)18-27(28)35(4,5)26-12-9-13-29(31(26)36)37(32)24-10-7-6-8-11-24/h6-13,16-20H,14-15H2,1-5H3. The highest BCUT2D eigenvalue weighted by molar-refractivity contribution is 6.98. The largest absolute Gasteiger partial charge is 0.468 e. The van der Waals surface area contributed by atoms with Crippen LogP contribution in [0, 0.1) is 0 Å². The number of furan rings is 1. The van der Waals surface area contributed by atoms with E-state index in [-0.39, 0.29) is 17.5 Å². The number of aryl methyl sites for hydroxylation is 2. The van der Waals surface area contributed by atoms with Gasteiger partial charge in [0.1, 0.15) is 5.58 Å². The Morgan fingerprint density at radius 1 is 0.816 bits per heavy atom. The Morgan fingerprint density at radius 3 is 2.32 bits per heavy atom. The van der Waals surface area contributed by atoms with Crippen LogP contribution < -0.4 is 21.5 Å². The molecule has 8 rings (SSSR count). The van der Waals surface area contributed by atoms with Gasteiger partial charge in [-0.2, -0.15) is 0 Å². The number of benzene rings is 4. The van der Waals surface area contributed by atoms with Crippen molar-refractivity contribution in [2.45, 2.75) is 58.3 Å². The molecule has 0 amide bonds. The molecule has 0 saturated carbocycles. The Bertz CT molecular complexity index is 1790. The highest BCUT2D eigenvalue weighted by Crippen LogP contribution is 2.46. The van der Waals surface area contributed by atoms with Crippen LogP contribution in [0.5, 0.6) is 0 Å². The van der Waals surface area contributed by atoms with E-state index in [0.717, 1.165) is 11.2 Å². The lowest BCUT2D eigenvalue weighted by Gasteiger charge is -2.44. The SMILES string of the molecule is CC(C)(C)c1ccc2oc3c(c2c1)N(c1ccccc1)c1cccc2c1B3c1cc3c(cc1C2(C)C)CC3. The van der Waals surface area contributed by atoms with Gasteiger partial charge in [-0.3, -0.25) is 0 Å².